The Morgan fingerprint density at radius 1 is 0.632 bits per heavy atom. The fraction of sp³-hybridized carbons (Fsp3) is 0.667. The maximum Gasteiger partial charge on any atom is -0.0196 e. The molecular weight excluding hydrogens is 247 g/mol. The molecule has 0 heterocycles. The summed E-state index contributed by atoms with van der Waals surface area (Å²) in [5.74, 6) is 0. The maximum absolute atomic E-state index is 2.31. The lowest BCUT2D eigenvalue weighted by molar-refractivity contribution is 0.509. The van der Waals surface area contributed by atoms with Crippen molar-refractivity contribution >= 4 is 13.9 Å². The van der Waals surface area contributed by atoms with Crippen LogP contribution in [-0.4, -0.2) is 5.66 Å². The van der Waals surface area contributed by atoms with E-state index >= 15 is 0 Å². The Bertz CT molecular complexity index is 308. The van der Waals surface area contributed by atoms with E-state index in [1.807, 2.05) is 0 Å². The zero-order valence-electron chi connectivity index (χ0n) is 12.2. The second-order valence-electron chi connectivity index (χ2n) is 5.97. The lowest BCUT2D eigenvalue weighted by atomic mass is 10.0. The predicted octanol–water partition coefficient (Wildman–Crippen LogP) is 5.66. The van der Waals surface area contributed by atoms with Gasteiger partial charge in [-0.1, -0.05) is 96.7 Å². The van der Waals surface area contributed by atoms with Gasteiger partial charge in [0.15, 0.2) is 0 Å². The summed E-state index contributed by atoms with van der Waals surface area (Å²) >= 11 is 0. The number of benzene rings is 1. The minimum atomic E-state index is 0.960. The highest BCUT2D eigenvalue weighted by Gasteiger charge is 2.10. The van der Waals surface area contributed by atoms with Crippen LogP contribution in [0, 0.1) is 0 Å². The Hall–Kier alpha value is -0.350. The van der Waals surface area contributed by atoms with Crippen molar-refractivity contribution in [3.05, 3.63) is 30.3 Å². The van der Waals surface area contributed by atoms with Gasteiger partial charge in [0.25, 0.3) is 0 Å². The minimum absolute atomic E-state index is 0.960. The van der Waals surface area contributed by atoms with Crippen LogP contribution in [0.2, 0.25) is 0 Å². The summed E-state index contributed by atoms with van der Waals surface area (Å²) in [7, 11) is 1.04. The van der Waals surface area contributed by atoms with Crippen LogP contribution in [0.1, 0.15) is 70.6 Å². The van der Waals surface area contributed by atoms with E-state index in [1.54, 1.807) is 5.30 Å². The second-order valence-corrected chi connectivity index (χ2v) is 7.65. The summed E-state index contributed by atoms with van der Waals surface area (Å²) < 4.78 is 0. The quantitative estimate of drug-likeness (QED) is 0.611. The van der Waals surface area contributed by atoms with E-state index in [1.165, 1.54) is 70.6 Å². The third kappa shape index (κ3) is 6.57. The third-order valence-electron chi connectivity index (χ3n) is 4.25. The van der Waals surface area contributed by atoms with Gasteiger partial charge in [-0.15, -0.1) is 0 Å². The van der Waals surface area contributed by atoms with Crippen LogP contribution in [0.25, 0.3) is 0 Å². The molecule has 1 unspecified atom stereocenters. The van der Waals surface area contributed by atoms with Gasteiger partial charge in [0.2, 0.25) is 0 Å². The lowest BCUT2D eigenvalue weighted by Crippen LogP contribution is -2.07. The van der Waals surface area contributed by atoms with Gasteiger partial charge in [0, 0.05) is 0 Å². The number of hydrogen-bond acceptors (Lipinski definition) is 0. The van der Waals surface area contributed by atoms with E-state index in [9.17, 15) is 0 Å². The first-order valence-corrected chi connectivity index (χ1v) is 9.34. The van der Waals surface area contributed by atoms with E-state index < -0.39 is 0 Å². The van der Waals surface area contributed by atoms with Gasteiger partial charge in [0.1, 0.15) is 0 Å². The molecule has 1 atom stereocenters. The molecule has 19 heavy (non-hydrogen) atoms. The molecule has 0 radical (unpaired) electrons. The van der Waals surface area contributed by atoms with Crippen LogP contribution in [0.15, 0.2) is 30.3 Å². The highest BCUT2D eigenvalue weighted by atomic mass is 31.1. The van der Waals surface area contributed by atoms with Crippen LogP contribution >= 0.6 is 8.58 Å². The smallest absolute Gasteiger partial charge is 0.0196 e. The maximum atomic E-state index is 2.31. The molecule has 0 nitrogen and oxygen atoms in total. The molecule has 1 aliphatic rings. The SMILES string of the molecule is c1ccc(PC2CCCCCCCCCCC2)cc1. The van der Waals surface area contributed by atoms with Crippen molar-refractivity contribution in [3.8, 4) is 0 Å². The Morgan fingerprint density at radius 2 is 1.11 bits per heavy atom. The molecular formula is C18H29P. The molecule has 1 heteroatoms. The fourth-order valence-corrected chi connectivity index (χ4v) is 4.63. The first-order valence-electron chi connectivity index (χ1n) is 8.27. The largest absolute Gasteiger partial charge is 0.0872 e. The van der Waals surface area contributed by atoms with Crippen molar-refractivity contribution in [2.24, 2.45) is 0 Å². The molecule has 0 saturated heterocycles. The molecule has 0 aromatic heterocycles. The molecule has 0 aliphatic heterocycles. The van der Waals surface area contributed by atoms with E-state index in [0.717, 1.165) is 14.2 Å². The van der Waals surface area contributed by atoms with Gasteiger partial charge in [-0.2, -0.15) is 0 Å². The van der Waals surface area contributed by atoms with Gasteiger partial charge < -0.3 is 0 Å². The van der Waals surface area contributed by atoms with E-state index in [4.69, 9.17) is 0 Å². The molecule has 0 N–H and O–H groups in total. The number of hydrogen-bond donors (Lipinski definition) is 0. The molecule has 0 amide bonds. The van der Waals surface area contributed by atoms with Gasteiger partial charge in [0.05, 0.1) is 0 Å². The Morgan fingerprint density at radius 3 is 1.63 bits per heavy atom. The van der Waals surface area contributed by atoms with Crippen molar-refractivity contribution in [2.75, 3.05) is 0 Å². The lowest BCUT2D eigenvalue weighted by Gasteiger charge is -2.18. The number of rotatable bonds is 2. The monoisotopic (exact) mass is 276 g/mol. The third-order valence-corrected chi connectivity index (χ3v) is 5.90. The highest BCUT2D eigenvalue weighted by Crippen LogP contribution is 2.29. The van der Waals surface area contributed by atoms with Crippen molar-refractivity contribution in [3.63, 3.8) is 0 Å². The van der Waals surface area contributed by atoms with Gasteiger partial charge in [-0.25, -0.2) is 0 Å². The molecule has 1 aromatic carbocycles. The molecule has 2 rings (SSSR count). The summed E-state index contributed by atoms with van der Waals surface area (Å²) in [5.41, 5.74) is 0.960. The molecule has 106 valence electrons. The second kappa shape index (κ2) is 9.54. The van der Waals surface area contributed by atoms with Crippen molar-refractivity contribution in [1.82, 2.24) is 0 Å². The molecule has 0 bridgehead atoms. The van der Waals surface area contributed by atoms with Gasteiger partial charge in [-0.05, 0) is 23.8 Å². The molecule has 1 saturated carbocycles. The minimum Gasteiger partial charge on any atom is -0.0872 e. The van der Waals surface area contributed by atoms with Crippen molar-refractivity contribution < 1.29 is 0 Å². The van der Waals surface area contributed by atoms with E-state index in [-0.39, 0.29) is 0 Å². The Labute approximate surface area is 121 Å². The zero-order chi connectivity index (χ0) is 13.2. The highest BCUT2D eigenvalue weighted by molar-refractivity contribution is 7.48. The summed E-state index contributed by atoms with van der Waals surface area (Å²) in [6, 6.07) is 11.1. The topological polar surface area (TPSA) is 0 Å². The molecule has 0 spiro atoms. The summed E-state index contributed by atoms with van der Waals surface area (Å²) in [6.07, 6.45) is 16.2. The normalized spacial score (nSPS) is 21.1. The fourth-order valence-electron chi connectivity index (χ4n) is 3.08. The summed E-state index contributed by atoms with van der Waals surface area (Å²) in [4.78, 5) is 0. The molecule has 1 fully saturated rings. The average Bonchev–Trinajstić information content (AvgIpc) is 2.43. The molecule has 1 aliphatic carbocycles. The van der Waals surface area contributed by atoms with Crippen LogP contribution in [0.3, 0.4) is 0 Å². The van der Waals surface area contributed by atoms with Crippen molar-refractivity contribution in [1.29, 1.82) is 0 Å². The Balaban J connectivity index is 1.81. The average molecular weight is 276 g/mol. The van der Waals surface area contributed by atoms with Gasteiger partial charge in [-0.3, -0.25) is 0 Å². The standard InChI is InChI=1S/C18H29P/c1-2-4-6-9-13-17(14-10-7-5-3-1)19-18-15-11-8-12-16-18/h8,11-12,15-17,19H,1-7,9-10,13-14H2. The first-order chi connectivity index (χ1) is 9.45. The summed E-state index contributed by atoms with van der Waals surface area (Å²) in [5, 5.41) is 1.57. The van der Waals surface area contributed by atoms with Crippen LogP contribution < -0.4 is 5.30 Å². The van der Waals surface area contributed by atoms with Crippen molar-refractivity contribution in [2.45, 2.75) is 76.3 Å². The Kier molecular flexibility index (Phi) is 7.55. The van der Waals surface area contributed by atoms with Crippen LogP contribution in [0.4, 0.5) is 0 Å². The zero-order valence-corrected chi connectivity index (χ0v) is 13.2. The molecule has 1 aromatic rings. The van der Waals surface area contributed by atoms with Crippen LogP contribution in [0.5, 0.6) is 0 Å². The van der Waals surface area contributed by atoms with Crippen LogP contribution in [-0.2, 0) is 0 Å². The predicted molar refractivity (Wildman–Crippen MR) is 89.0 cm³/mol. The van der Waals surface area contributed by atoms with E-state index in [0.29, 0.717) is 0 Å². The van der Waals surface area contributed by atoms with Gasteiger partial charge >= 0.3 is 0 Å². The summed E-state index contributed by atoms with van der Waals surface area (Å²) in [6.45, 7) is 0. The first kappa shape index (κ1) is 15.0. The van der Waals surface area contributed by atoms with E-state index in [2.05, 4.69) is 30.3 Å².